The van der Waals surface area contributed by atoms with Gasteiger partial charge in [0.2, 0.25) is 0 Å². The summed E-state index contributed by atoms with van der Waals surface area (Å²) in [6, 6.07) is 5.37. The van der Waals surface area contributed by atoms with E-state index in [0.717, 1.165) is 24.3 Å². The van der Waals surface area contributed by atoms with Gasteiger partial charge in [-0.3, -0.25) is 14.8 Å². The van der Waals surface area contributed by atoms with Crippen molar-refractivity contribution in [3.63, 3.8) is 0 Å². The Hall–Kier alpha value is -2.39. The molecule has 0 saturated heterocycles. The predicted octanol–water partition coefficient (Wildman–Crippen LogP) is 2.15. The minimum absolute atomic E-state index is 0.0296. The van der Waals surface area contributed by atoms with E-state index in [1.54, 1.807) is 0 Å². The summed E-state index contributed by atoms with van der Waals surface area (Å²) in [6.45, 7) is 0. The standard InChI is InChI=1S/C11H8ClN3O5S/c12-11-6-8(3-4-13-11)21(19,20)14-9-2-1-7(16)5-10(9)15(17)18/h1-6,14,16H. The third-order valence-corrected chi connectivity index (χ3v) is 4.00. The zero-order valence-electron chi connectivity index (χ0n) is 10.2. The van der Waals surface area contributed by atoms with Gasteiger partial charge in [-0.25, -0.2) is 13.4 Å². The summed E-state index contributed by atoms with van der Waals surface area (Å²) in [5.41, 5.74) is -0.843. The van der Waals surface area contributed by atoms with Crippen molar-refractivity contribution in [3.05, 3.63) is 51.8 Å². The van der Waals surface area contributed by atoms with Gasteiger partial charge < -0.3 is 5.11 Å². The molecule has 1 aromatic heterocycles. The molecule has 0 aliphatic heterocycles. The fourth-order valence-corrected chi connectivity index (χ4v) is 2.84. The van der Waals surface area contributed by atoms with Crippen LogP contribution in [0.1, 0.15) is 0 Å². The number of nitrogens with one attached hydrogen (secondary N) is 1. The molecule has 0 spiro atoms. The quantitative estimate of drug-likeness (QED) is 0.383. The lowest BCUT2D eigenvalue weighted by Gasteiger charge is -2.08. The predicted molar refractivity (Wildman–Crippen MR) is 74.8 cm³/mol. The van der Waals surface area contributed by atoms with Crippen LogP contribution in [0.2, 0.25) is 5.15 Å². The first kappa shape index (κ1) is 15.0. The molecule has 10 heteroatoms. The maximum absolute atomic E-state index is 12.1. The van der Waals surface area contributed by atoms with E-state index in [0.29, 0.717) is 0 Å². The Morgan fingerprint density at radius 3 is 2.62 bits per heavy atom. The van der Waals surface area contributed by atoms with E-state index in [2.05, 4.69) is 9.71 Å². The number of nitrogens with zero attached hydrogens (tertiary/aromatic N) is 2. The third-order valence-electron chi connectivity index (χ3n) is 2.43. The highest BCUT2D eigenvalue weighted by Crippen LogP contribution is 2.30. The Balaban J connectivity index is 2.44. The highest BCUT2D eigenvalue weighted by Gasteiger charge is 2.21. The molecule has 0 radical (unpaired) electrons. The number of hydrogen-bond acceptors (Lipinski definition) is 6. The molecule has 21 heavy (non-hydrogen) atoms. The number of benzene rings is 1. The van der Waals surface area contributed by atoms with Gasteiger partial charge in [0.15, 0.2) is 0 Å². The van der Waals surface area contributed by atoms with Gasteiger partial charge in [-0.1, -0.05) is 11.6 Å². The average Bonchev–Trinajstić information content (AvgIpc) is 2.40. The molecule has 0 amide bonds. The Labute approximate surface area is 124 Å². The first-order chi connectivity index (χ1) is 9.79. The maximum Gasteiger partial charge on any atom is 0.297 e. The number of aromatic nitrogens is 1. The number of halogens is 1. The van der Waals surface area contributed by atoms with Gasteiger partial charge in [-0.15, -0.1) is 0 Å². The number of phenolic OH excluding ortho intramolecular Hbond substituents is 1. The summed E-state index contributed by atoms with van der Waals surface area (Å²) in [5.74, 6) is -0.350. The van der Waals surface area contributed by atoms with Crippen LogP contribution in [0.3, 0.4) is 0 Å². The van der Waals surface area contributed by atoms with Crippen LogP contribution in [0, 0.1) is 10.1 Å². The third kappa shape index (κ3) is 3.38. The van der Waals surface area contributed by atoms with Crippen LogP contribution < -0.4 is 4.72 Å². The van der Waals surface area contributed by atoms with Crippen molar-refractivity contribution in [1.29, 1.82) is 0 Å². The zero-order valence-corrected chi connectivity index (χ0v) is 11.8. The van der Waals surface area contributed by atoms with Crippen molar-refractivity contribution in [2.75, 3.05) is 4.72 Å². The second kappa shape index (κ2) is 5.54. The molecule has 0 fully saturated rings. The Bertz CT molecular complexity index is 809. The van der Waals surface area contributed by atoms with Crippen LogP contribution in [0.15, 0.2) is 41.4 Å². The fraction of sp³-hybridized carbons (Fsp3) is 0. The van der Waals surface area contributed by atoms with E-state index in [-0.39, 0.29) is 21.5 Å². The van der Waals surface area contributed by atoms with Gasteiger partial charge in [-0.05, 0) is 24.3 Å². The van der Waals surface area contributed by atoms with E-state index in [9.17, 15) is 23.6 Å². The molecule has 0 unspecified atom stereocenters. The Morgan fingerprint density at radius 1 is 1.29 bits per heavy atom. The van der Waals surface area contributed by atoms with Gasteiger partial charge in [-0.2, -0.15) is 0 Å². The topological polar surface area (TPSA) is 122 Å². The summed E-state index contributed by atoms with van der Waals surface area (Å²) in [5, 5.41) is 20.1. The van der Waals surface area contributed by atoms with Gasteiger partial charge in [0.05, 0.1) is 15.9 Å². The molecule has 2 aromatic rings. The highest BCUT2D eigenvalue weighted by atomic mass is 35.5. The molecule has 2 rings (SSSR count). The molecule has 0 bridgehead atoms. The summed E-state index contributed by atoms with van der Waals surface area (Å²) in [7, 11) is -4.07. The highest BCUT2D eigenvalue weighted by molar-refractivity contribution is 7.92. The Morgan fingerprint density at radius 2 is 2.00 bits per heavy atom. The molecule has 2 N–H and O–H groups in total. The minimum atomic E-state index is -4.07. The van der Waals surface area contributed by atoms with Gasteiger partial charge >= 0.3 is 0 Å². The van der Waals surface area contributed by atoms with Gasteiger partial charge in [0.1, 0.15) is 16.6 Å². The first-order valence-electron chi connectivity index (χ1n) is 5.41. The monoisotopic (exact) mass is 329 g/mol. The average molecular weight is 330 g/mol. The SMILES string of the molecule is O=[N+]([O-])c1cc(O)ccc1NS(=O)(=O)c1ccnc(Cl)c1. The zero-order chi connectivity index (χ0) is 15.6. The normalized spacial score (nSPS) is 11.1. The molecule has 0 aliphatic rings. The van der Waals surface area contributed by atoms with E-state index >= 15 is 0 Å². The van der Waals surface area contributed by atoms with Crippen molar-refractivity contribution in [3.8, 4) is 5.75 Å². The fourth-order valence-electron chi connectivity index (χ4n) is 1.51. The van der Waals surface area contributed by atoms with E-state index < -0.39 is 20.6 Å². The lowest BCUT2D eigenvalue weighted by atomic mass is 10.2. The number of nitro benzene ring substituents is 1. The number of rotatable bonds is 4. The molecule has 1 heterocycles. The summed E-state index contributed by atoms with van der Waals surface area (Å²) in [4.78, 5) is 13.5. The Kier molecular flexibility index (Phi) is 3.96. The second-order valence-corrected chi connectivity index (χ2v) is 5.95. The second-order valence-electron chi connectivity index (χ2n) is 3.88. The number of sulfonamides is 1. The van der Waals surface area contributed by atoms with Crippen molar-refractivity contribution in [2.45, 2.75) is 4.90 Å². The maximum atomic E-state index is 12.1. The summed E-state index contributed by atoms with van der Waals surface area (Å²) < 4.78 is 26.3. The molecule has 8 nitrogen and oxygen atoms in total. The van der Waals surface area contributed by atoms with E-state index in [4.69, 9.17) is 11.6 Å². The number of phenols is 1. The van der Waals surface area contributed by atoms with Crippen LogP contribution in [0.25, 0.3) is 0 Å². The van der Waals surface area contributed by atoms with Crippen LogP contribution in [-0.4, -0.2) is 23.4 Å². The van der Waals surface area contributed by atoms with Crippen LogP contribution >= 0.6 is 11.6 Å². The first-order valence-corrected chi connectivity index (χ1v) is 7.27. The van der Waals surface area contributed by atoms with Crippen molar-refractivity contribution in [1.82, 2.24) is 4.98 Å². The van der Waals surface area contributed by atoms with Crippen LogP contribution in [0.5, 0.6) is 5.75 Å². The number of anilines is 1. The van der Waals surface area contributed by atoms with E-state index in [1.165, 1.54) is 12.3 Å². The molecular formula is C11H8ClN3O5S. The van der Waals surface area contributed by atoms with Gasteiger partial charge in [0, 0.05) is 6.20 Å². The lowest BCUT2D eigenvalue weighted by Crippen LogP contribution is -2.14. The van der Waals surface area contributed by atoms with Crippen LogP contribution in [0.4, 0.5) is 11.4 Å². The van der Waals surface area contributed by atoms with Crippen molar-refractivity contribution >= 4 is 33.0 Å². The molecule has 0 atom stereocenters. The smallest absolute Gasteiger partial charge is 0.297 e. The number of pyridine rings is 1. The molecule has 1 aromatic carbocycles. The molecule has 0 aliphatic carbocycles. The number of nitro groups is 1. The molecule has 110 valence electrons. The van der Waals surface area contributed by atoms with Crippen molar-refractivity contribution < 1.29 is 18.4 Å². The summed E-state index contributed by atoms with van der Waals surface area (Å²) >= 11 is 5.61. The summed E-state index contributed by atoms with van der Waals surface area (Å²) in [6.07, 6.45) is 1.20. The van der Waals surface area contributed by atoms with Gasteiger partial charge in [0.25, 0.3) is 15.7 Å². The largest absolute Gasteiger partial charge is 0.508 e. The lowest BCUT2D eigenvalue weighted by molar-refractivity contribution is -0.384. The molecule has 0 saturated carbocycles. The van der Waals surface area contributed by atoms with Crippen LogP contribution in [-0.2, 0) is 10.0 Å². The molecular weight excluding hydrogens is 322 g/mol. The van der Waals surface area contributed by atoms with Crippen molar-refractivity contribution in [2.24, 2.45) is 0 Å². The minimum Gasteiger partial charge on any atom is -0.508 e. The number of hydrogen-bond donors (Lipinski definition) is 2. The van der Waals surface area contributed by atoms with E-state index in [1.807, 2.05) is 0 Å². The number of aromatic hydroxyl groups is 1.